The van der Waals surface area contributed by atoms with Gasteiger partial charge >= 0.3 is 12.1 Å². The molecule has 1 saturated heterocycles. The van der Waals surface area contributed by atoms with Crippen molar-refractivity contribution >= 4 is 12.1 Å². The highest BCUT2D eigenvalue weighted by atomic mass is 16.6. The van der Waals surface area contributed by atoms with Gasteiger partial charge in [-0.05, 0) is 13.0 Å². The summed E-state index contributed by atoms with van der Waals surface area (Å²) in [5.41, 5.74) is 1.65. The number of nitrogens with zero attached hydrogens (tertiary/aromatic N) is 2. The van der Waals surface area contributed by atoms with Crippen LogP contribution in [0.15, 0.2) is 18.3 Å². The summed E-state index contributed by atoms with van der Waals surface area (Å²) >= 11 is 0. The molecule has 1 aliphatic heterocycles. The minimum absolute atomic E-state index is 0.246. The topological polar surface area (TPSA) is 79.7 Å². The summed E-state index contributed by atoms with van der Waals surface area (Å²) in [4.78, 5) is 27.2. The van der Waals surface area contributed by atoms with E-state index in [-0.39, 0.29) is 13.1 Å². The Morgan fingerprint density at radius 3 is 3.00 bits per heavy atom. The molecule has 1 aliphatic rings. The van der Waals surface area contributed by atoms with Crippen LogP contribution in [-0.2, 0) is 9.53 Å². The van der Waals surface area contributed by atoms with Crippen LogP contribution < -0.4 is 0 Å². The number of pyridine rings is 1. The van der Waals surface area contributed by atoms with Crippen LogP contribution in [-0.4, -0.2) is 40.1 Å². The fraction of sp³-hybridized carbons (Fsp3) is 0.364. The molecular formula is C11H12N2O4. The van der Waals surface area contributed by atoms with E-state index in [1.165, 1.54) is 0 Å². The molecule has 90 valence electrons. The van der Waals surface area contributed by atoms with Gasteiger partial charge in [0, 0.05) is 17.5 Å². The molecule has 1 aromatic rings. The summed E-state index contributed by atoms with van der Waals surface area (Å²) in [6.45, 7) is 1.77. The summed E-state index contributed by atoms with van der Waals surface area (Å²) in [7, 11) is 0. The molecule has 0 aromatic carbocycles. The van der Waals surface area contributed by atoms with Gasteiger partial charge in [0.2, 0.25) is 0 Å². The van der Waals surface area contributed by atoms with Gasteiger partial charge in [0.05, 0.1) is 6.54 Å². The van der Waals surface area contributed by atoms with Gasteiger partial charge in [0.1, 0.15) is 12.6 Å². The molecule has 2 heterocycles. The number of aliphatic carboxylic acids is 1. The standard InChI is InChI=1S/C11H12N2O4/c1-7-2-3-8(4-12-7)9-5-13(6-10(14)15)11(16)17-9/h2-4,9H,5-6H2,1H3,(H,14,15). The van der Waals surface area contributed by atoms with Crippen LogP contribution in [0.5, 0.6) is 0 Å². The predicted molar refractivity (Wildman–Crippen MR) is 57.4 cm³/mol. The van der Waals surface area contributed by atoms with Crippen molar-refractivity contribution in [1.29, 1.82) is 0 Å². The first-order chi connectivity index (χ1) is 8.06. The minimum atomic E-state index is -1.05. The molecular weight excluding hydrogens is 224 g/mol. The molecule has 0 saturated carbocycles. The third kappa shape index (κ3) is 2.52. The van der Waals surface area contributed by atoms with Crippen LogP contribution in [0.2, 0.25) is 0 Å². The normalized spacial score (nSPS) is 19.2. The third-order valence-electron chi connectivity index (χ3n) is 2.52. The Hall–Kier alpha value is -2.11. The van der Waals surface area contributed by atoms with Crippen LogP contribution >= 0.6 is 0 Å². The molecule has 6 heteroatoms. The Kier molecular flexibility index (Phi) is 2.95. The van der Waals surface area contributed by atoms with E-state index in [4.69, 9.17) is 9.84 Å². The molecule has 1 amide bonds. The number of carbonyl (C=O) groups is 2. The average molecular weight is 236 g/mol. The number of hydrogen-bond donors (Lipinski definition) is 1. The van der Waals surface area contributed by atoms with E-state index in [1.807, 2.05) is 19.1 Å². The van der Waals surface area contributed by atoms with Crippen molar-refractivity contribution in [3.8, 4) is 0 Å². The number of ether oxygens (including phenoxy) is 1. The zero-order valence-corrected chi connectivity index (χ0v) is 9.29. The fourth-order valence-electron chi connectivity index (χ4n) is 1.64. The van der Waals surface area contributed by atoms with Crippen LogP contribution in [0.25, 0.3) is 0 Å². The number of carboxylic acid groups (broad SMARTS) is 1. The average Bonchev–Trinajstić information content (AvgIpc) is 2.60. The third-order valence-corrected chi connectivity index (χ3v) is 2.52. The molecule has 0 bridgehead atoms. The number of carbonyl (C=O) groups excluding carboxylic acids is 1. The highest BCUT2D eigenvalue weighted by Gasteiger charge is 2.33. The van der Waals surface area contributed by atoms with Crippen molar-refractivity contribution in [3.05, 3.63) is 29.6 Å². The number of hydrogen-bond acceptors (Lipinski definition) is 4. The first kappa shape index (κ1) is 11.4. The molecule has 0 spiro atoms. The number of rotatable bonds is 3. The first-order valence-electron chi connectivity index (χ1n) is 5.16. The smallest absolute Gasteiger partial charge is 0.411 e. The lowest BCUT2D eigenvalue weighted by molar-refractivity contribution is -0.137. The first-order valence-corrected chi connectivity index (χ1v) is 5.16. The lowest BCUT2D eigenvalue weighted by Crippen LogP contribution is -2.30. The Balaban J connectivity index is 2.08. The van der Waals surface area contributed by atoms with Crippen molar-refractivity contribution < 1.29 is 19.4 Å². The highest BCUT2D eigenvalue weighted by Crippen LogP contribution is 2.25. The van der Waals surface area contributed by atoms with Gasteiger partial charge in [-0.3, -0.25) is 14.7 Å². The lowest BCUT2D eigenvalue weighted by Gasteiger charge is -2.09. The molecule has 1 atom stereocenters. The van der Waals surface area contributed by atoms with Gasteiger partial charge < -0.3 is 9.84 Å². The van der Waals surface area contributed by atoms with E-state index in [9.17, 15) is 9.59 Å². The lowest BCUT2D eigenvalue weighted by atomic mass is 10.1. The summed E-state index contributed by atoms with van der Waals surface area (Å²) in [6, 6.07) is 3.65. The Labute approximate surface area is 97.8 Å². The van der Waals surface area contributed by atoms with Crippen LogP contribution in [0.3, 0.4) is 0 Å². The Bertz CT molecular complexity index is 443. The van der Waals surface area contributed by atoms with Crippen LogP contribution in [0.4, 0.5) is 4.79 Å². The van der Waals surface area contributed by atoms with E-state index in [0.29, 0.717) is 0 Å². The van der Waals surface area contributed by atoms with E-state index in [2.05, 4.69) is 4.98 Å². The predicted octanol–water partition coefficient (Wildman–Crippen LogP) is 0.968. The van der Waals surface area contributed by atoms with Gasteiger partial charge in [0.25, 0.3) is 0 Å². The molecule has 0 radical (unpaired) electrons. The Morgan fingerprint density at radius 1 is 1.65 bits per heavy atom. The molecule has 1 unspecified atom stereocenters. The zero-order chi connectivity index (χ0) is 12.4. The number of carboxylic acids is 1. The zero-order valence-electron chi connectivity index (χ0n) is 9.29. The number of aryl methyl sites for hydroxylation is 1. The van der Waals surface area contributed by atoms with Gasteiger partial charge in [0.15, 0.2) is 0 Å². The maximum Gasteiger partial charge on any atom is 0.411 e. The second kappa shape index (κ2) is 4.40. The van der Waals surface area contributed by atoms with Gasteiger partial charge in [-0.15, -0.1) is 0 Å². The molecule has 6 nitrogen and oxygen atoms in total. The van der Waals surface area contributed by atoms with Crippen LogP contribution in [0, 0.1) is 6.92 Å². The Morgan fingerprint density at radius 2 is 2.41 bits per heavy atom. The number of amides is 1. The SMILES string of the molecule is Cc1ccc(C2CN(CC(=O)O)C(=O)O2)cn1. The van der Waals surface area contributed by atoms with Gasteiger partial charge in [-0.25, -0.2) is 4.79 Å². The largest absolute Gasteiger partial charge is 0.480 e. The van der Waals surface area contributed by atoms with E-state index < -0.39 is 18.2 Å². The van der Waals surface area contributed by atoms with E-state index in [0.717, 1.165) is 16.2 Å². The van der Waals surface area contributed by atoms with Gasteiger partial charge in [-0.1, -0.05) is 6.07 Å². The maximum absolute atomic E-state index is 11.4. The fourth-order valence-corrected chi connectivity index (χ4v) is 1.64. The summed E-state index contributed by atoms with van der Waals surface area (Å²) in [6.07, 6.45) is 0.602. The molecule has 1 aromatic heterocycles. The quantitative estimate of drug-likeness (QED) is 0.845. The number of cyclic esters (lactones) is 1. The monoisotopic (exact) mass is 236 g/mol. The van der Waals surface area contributed by atoms with Crippen molar-refractivity contribution in [3.63, 3.8) is 0 Å². The maximum atomic E-state index is 11.4. The highest BCUT2D eigenvalue weighted by molar-refractivity contribution is 5.78. The van der Waals surface area contributed by atoms with Gasteiger partial charge in [-0.2, -0.15) is 0 Å². The van der Waals surface area contributed by atoms with Crippen LogP contribution in [0.1, 0.15) is 17.4 Å². The van der Waals surface area contributed by atoms with Crippen molar-refractivity contribution in [2.24, 2.45) is 0 Å². The molecule has 17 heavy (non-hydrogen) atoms. The summed E-state index contributed by atoms with van der Waals surface area (Å²) in [5, 5.41) is 8.62. The molecule has 0 aliphatic carbocycles. The van der Waals surface area contributed by atoms with E-state index in [1.54, 1.807) is 6.20 Å². The minimum Gasteiger partial charge on any atom is -0.480 e. The molecule has 1 N–H and O–H groups in total. The van der Waals surface area contributed by atoms with Crippen molar-refractivity contribution in [1.82, 2.24) is 9.88 Å². The van der Waals surface area contributed by atoms with Crippen molar-refractivity contribution in [2.75, 3.05) is 13.1 Å². The second-order valence-electron chi connectivity index (χ2n) is 3.88. The van der Waals surface area contributed by atoms with Crippen molar-refractivity contribution in [2.45, 2.75) is 13.0 Å². The summed E-state index contributed by atoms with van der Waals surface area (Å²) < 4.78 is 5.08. The molecule has 1 fully saturated rings. The molecule has 2 rings (SSSR count). The number of aromatic nitrogens is 1. The van der Waals surface area contributed by atoms with E-state index >= 15 is 0 Å². The second-order valence-corrected chi connectivity index (χ2v) is 3.88. The summed E-state index contributed by atoms with van der Waals surface area (Å²) in [5.74, 6) is -1.05.